The van der Waals surface area contributed by atoms with Crippen molar-refractivity contribution in [3.05, 3.63) is 0 Å². The lowest BCUT2D eigenvalue weighted by Gasteiger charge is -2.42. The first-order valence-electron chi connectivity index (χ1n) is 8.21. The molecule has 4 unspecified atom stereocenters. The molecule has 3 aliphatic rings. The van der Waals surface area contributed by atoms with Crippen LogP contribution in [0, 0.1) is 17.8 Å². The molecule has 0 amide bonds. The summed E-state index contributed by atoms with van der Waals surface area (Å²) in [5.41, 5.74) is 0. The van der Waals surface area contributed by atoms with Crippen molar-refractivity contribution < 1.29 is 0 Å². The molecule has 3 rings (SSSR count). The van der Waals surface area contributed by atoms with Crippen molar-refractivity contribution in [2.24, 2.45) is 17.8 Å². The van der Waals surface area contributed by atoms with Gasteiger partial charge < -0.3 is 5.32 Å². The van der Waals surface area contributed by atoms with Crippen LogP contribution in [-0.2, 0) is 0 Å². The Bertz CT molecular complexity index is 274. The second-order valence-electron chi connectivity index (χ2n) is 7.18. The first-order valence-corrected chi connectivity index (χ1v) is 8.21. The number of hydrogen-bond donors (Lipinski definition) is 1. The molecular formula is C16H30N2. The molecule has 1 heterocycles. The number of piperazine rings is 1. The molecule has 2 nitrogen and oxygen atoms in total. The fraction of sp³-hybridized carbons (Fsp3) is 1.00. The minimum Gasteiger partial charge on any atom is -0.311 e. The van der Waals surface area contributed by atoms with Gasteiger partial charge in [0.25, 0.3) is 0 Å². The fourth-order valence-electron chi connectivity index (χ4n) is 3.98. The second kappa shape index (κ2) is 5.50. The van der Waals surface area contributed by atoms with Gasteiger partial charge in [-0.2, -0.15) is 0 Å². The molecule has 0 bridgehead atoms. The molecule has 1 aliphatic heterocycles. The van der Waals surface area contributed by atoms with Crippen molar-refractivity contribution in [2.75, 3.05) is 19.6 Å². The first-order chi connectivity index (χ1) is 8.74. The molecule has 18 heavy (non-hydrogen) atoms. The van der Waals surface area contributed by atoms with Gasteiger partial charge in [0.2, 0.25) is 0 Å². The van der Waals surface area contributed by atoms with E-state index >= 15 is 0 Å². The Labute approximate surface area is 113 Å². The van der Waals surface area contributed by atoms with Gasteiger partial charge >= 0.3 is 0 Å². The number of hydrogen-bond acceptors (Lipinski definition) is 2. The van der Waals surface area contributed by atoms with E-state index in [1.165, 1.54) is 58.2 Å². The molecular weight excluding hydrogens is 220 g/mol. The highest BCUT2D eigenvalue weighted by Crippen LogP contribution is 2.35. The summed E-state index contributed by atoms with van der Waals surface area (Å²) in [7, 11) is 0. The normalized spacial score (nSPS) is 43.0. The van der Waals surface area contributed by atoms with E-state index < -0.39 is 0 Å². The summed E-state index contributed by atoms with van der Waals surface area (Å²) in [5.74, 6) is 2.93. The average molecular weight is 250 g/mol. The van der Waals surface area contributed by atoms with Crippen LogP contribution in [0.15, 0.2) is 0 Å². The Hall–Kier alpha value is -0.0800. The lowest BCUT2D eigenvalue weighted by Crippen LogP contribution is -2.57. The highest BCUT2D eigenvalue weighted by Gasteiger charge is 2.37. The smallest absolute Gasteiger partial charge is 0.0224 e. The van der Waals surface area contributed by atoms with E-state index in [1.807, 2.05) is 0 Å². The van der Waals surface area contributed by atoms with Crippen LogP contribution in [0.1, 0.15) is 52.4 Å². The van der Waals surface area contributed by atoms with E-state index in [0.29, 0.717) is 0 Å². The third-order valence-corrected chi connectivity index (χ3v) is 5.68. The van der Waals surface area contributed by atoms with E-state index in [1.54, 1.807) is 0 Å². The highest BCUT2D eigenvalue weighted by atomic mass is 15.2. The van der Waals surface area contributed by atoms with Crippen molar-refractivity contribution in [3.63, 3.8) is 0 Å². The molecule has 0 aromatic heterocycles. The molecule has 0 radical (unpaired) electrons. The van der Waals surface area contributed by atoms with Gasteiger partial charge in [0.1, 0.15) is 0 Å². The van der Waals surface area contributed by atoms with Gasteiger partial charge in [-0.25, -0.2) is 0 Å². The second-order valence-corrected chi connectivity index (χ2v) is 7.18. The maximum atomic E-state index is 3.77. The zero-order chi connectivity index (χ0) is 12.5. The third kappa shape index (κ3) is 2.91. The molecule has 0 aromatic carbocycles. The van der Waals surface area contributed by atoms with E-state index in [2.05, 4.69) is 24.1 Å². The summed E-state index contributed by atoms with van der Waals surface area (Å²) in [6, 6.07) is 1.55. The van der Waals surface area contributed by atoms with Crippen LogP contribution in [0.25, 0.3) is 0 Å². The SMILES string of the molecule is CC1CCCCC1CN1CC(C2CC2)NCC1C. The molecule has 2 aliphatic carbocycles. The maximum absolute atomic E-state index is 3.77. The van der Waals surface area contributed by atoms with E-state index in [4.69, 9.17) is 0 Å². The Morgan fingerprint density at radius 3 is 2.56 bits per heavy atom. The van der Waals surface area contributed by atoms with Crippen LogP contribution in [0.5, 0.6) is 0 Å². The topological polar surface area (TPSA) is 15.3 Å². The van der Waals surface area contributed by atoms with Gasteiger partial charge in [-0.3, -0.25) is 4.90 Å². The highest BCUT2D eigenvalue weighted by molar-refractivity contribution is 4.94. The summed E-state index contributed by atoms with van der Waals surface area (Å²) in [4.78, 5) is 2.80. The molecule has 4 atom stereocenters. The van der Waals surface area contributed by atoms with Crippen molar-refractivity contribution in [3.8, 4) is 0 Å². The minimum atomic E-state index is 0.745. The van der Waals surface area contributed by atoms with Crippen LogP contribution in [0.2, 0.25) is 0 Å². The van der Waals surface area contributed by atoms with Gasteiger partial charge in [0, 0.05) is 31.7 Å². The van der Waals surface area contributed by atoms with Crippen LogP contribution in [0.4, 0.5) is 0 Å². The molecule has 2 heteroatoms. The van der Waals surface area contributed by atoms with E-state index in [9.17, 15) is 0 Å². The lowest BCUT2D eigenvalue weighted by molar-refractivity contribution is 0.0860. The quantitative estimate of drug-likeness (QED) is 0.828. The zero-order valence-electron chi connectivity index (χ0n) is 12.2. The fourth-order valence-corrected chi connectivity index (χ4v) is 3.98. The molecule has 3 fully saturated rings. The summed E-state index contributed by atoms with van der Waals surface area (Å²) in [6.45, 7) is 8.78. The first kappa shape index (κ1) is 12.9. The molecule has 104 valence electrons. The molecule has 2 saturated carbocycles. The van der Waals surface area contributed by atoms with Gasteiger partial charge in [-0.15, -0.1) is 0 Å². The van der Waals surface area contributed by atoms with Crippen LogP contribution in [0.3, 0.4) is 0 Å². The van der Waals surface area contributed by atoms with Crippen LogP contribution < -0.4 is 5.32 Å². The predicted octanol–water partition coefficient (Wildman–Crippen LogP) is 2.89. The van der Waals surface area contributed by atoms with Crippen molar-refractivity contribution in [1.29, 1.82) is 0 Å². The van der Waals surface area contributed by atoms with E-state index in [0.717, 1.165) is 29.8 Å². The summed E-state index contributed by atoms with van der Waals surface area (Å²) in [5, 5.41) is 3.77. The maximum Gasteiger partial charge on any atom is 0.0224 e. The lowest BCUT2D eigenvalue weighted by atomic mass is 9.80. The van der Waals surface area contributed by atoms with Gasteiger partial charge in [-0.1, -0.05) is 26.2 Å². The third-order valence-electron chi connectivity index (χ3n) is 5.68. The molecule has 0 aromatic rings. The number of nitrogens with one attached hydrogen (secondary N) is 1. The van der Waals surface area contributed by atoms with Crippen LogP contribution in [-0.4, -0.2) is 36.6 Å². The van der Waals surface area contributed by atoms with Gasteiger partial charge in [0.05, 0.1) is 0 Å². The average Bonchev–Trinajstić information content (AvgIpc) is 3.19. The van der Waals surface area contributed by atoms with E-state index in [-0.39, 0.29) is 0 Å². The zero-order valence-corrected chi connectivity index (χ0v) is 12.2. The summed E-state index contributed by atoms with van der Waals surface area (Å²) >= 11 is 0. The van der Waals surface area contributed by atoms with Crippen molar-refractivity contribution in [2.45, 2.75) is 64.5 Å². The number of rotatable bonds is 3. The summed E-state index contributed by atoms with van der Waals surface area (Å²) < 4.78 is 0. The number of nitrogens with zero attached hydrogens (tertiary/aromatic N) is 1. The Morgan fingerprint density at radius 1 is 1.06 bits per heavy atom. The monoisotopic (exact) mass is 250 g/mol. The standard InChI is InChI=1S/C16H30N2/c1-12-5-3-4-6-15(12)10-18-11-16(14-7-8-14)17-9-13(18)2/h12-17H,3-11H2,1-2H3. The van der Waals surface area contributed by atoms with Gasteiger partial charge in [-0.05, 0) is 43.9 Å². The Morgan fingerprint density at radius 2 is 1.83 bits per heavy atom. The largest absolute Gasteiger partial charge is 0.311 e. The molecule has 1 saturated heterocycles. The predicted molar refractivity (Wildman–Crippen MR) is 76.7 cm³/mol. The van der Waals surface area contributed by atoms with Crippen LogP contribution >= 0.6 is 0 Å². The van der Waals surface area contributed by atoms with Gasteiger partial charge in [0.15, 0.2) is 0 Å². The summed E-state index contributed by atoms with van der Waals surface area (Å²) in [6.07, 6.45) is 8.84. The Kier molecular flexibility index (Phi) is 3.95. The van der Waals surface area contributed by atoms with Crippen molar-refractivity contribution >= 4 is 0 Å². The molecule has 1 N–H and O–H groups in total. The minimum absolute atomic E-state index is 0.745. The van der Waals surface area contributed by atoms with Crippen molar-refractivity contribution in [1.82, 2.24) is 10.2 Å². The Balaban J connectivity index is 1.55. The molecule has 0 spiro atoms.